The minimum Gasteiger partial charge on any atom is -0.349 e. The van der Waals surface area contributed by atoms with E-state index in [1.54, 1.807) is 0 Å². The molecule has 2 aliphatic rings. The van der Waals surface area contributed by atoms with E-state index in [0.29, 0.717) is 23.4 Å². The number of amides is 1. The molecule has 2 fully saturated rings. The first kappa shape index (κ1) is 25.2. The van der Waals surface area contributed by atoms with Crippen LogP contribution in [0.1, 0.15) is 30.7 Å². The van der Waals surface area contributed by atoms with Crippen LogP contribution in [0.3, 0.4) is 0 Å². The van der Waals surface area contributed by atoms with Crippen LogP contribution >= 0.6 is 0 Å². The maximum Gasteiger partial charge on any atom is 0.433 e. The lowest BCUT2D eigenvalue weighted by Gasteiger charge is -2.23. The average Bonchev–Trinajstić information content (AvgIpc) is 3.51. The van der Waals surface area contributed by atoms with Gasteiger partial charge in [0.1, 0.15) is 23.9 Å². The lowest BCUT2D eigenvalue weighted by atomic mass is 10.0. The molecule has 3 aromatic rings. The summed E-state index contributed by atoms with van der Waals surface area (Å²) in [6.07, 6.45) is -0.262. The van der Waals surface area contributed by atoms with Gasteiger partial charge in [0.15, 0.2) is 0 Å². The second-order valence-corrected chi connectivity index (χ2v) is 11.2. The Bertz CT molecular complexity index is 1430. The summed E-state index contributed by atoms with van der Waals surface area (Å²) < 4.78 is 79.3. The van der Waals surface area contributed by atoms with Gasteiger partial charge in [-0.25, -0.2) is 22.8 Å². The number of pyridine rings is 1. The summed E-state index contributed by atoms with van der Waals surface area (Å²) in [7, 11) is -4.03. The molecule has 0 radical (unpaired) electrons. The van der Waals surface area contributed by atoms with Crippen molar-refractivity contribution in [3.8, 4) is 11.3 Å². The van der Waals surface area contributed by atoms with Crippen LogP contribution in [-0.2, 0) is 27.5 Å². The Hall–Kier alpha value is -3.45. The predicted molar refractivity (Wildman–Crippen MR) is 122 cm³/mol. The molecule has 2 aromatic heterocycles. The lowest BCUT2D eigenvalue weighted by molar-refractivity contribution is -0.141. The van der Waals surface area contributed by atoms with Crippen molar-refractivity contribution in [3.63, 3.8) is 0 Å². The van der Waals surface area contributed by atoms with E-state index in [2.05, 4.69) is 20.3 Å². The lowest BCUT2D eigenvalue weighted by Crippen LogP contribution is -2.45. The van der Waals surface area contributed by atoms with Gasteiger partial charge in [-0.3, -0.25) is 9.78 Å². The van der Waals surface area contributed by atoms with Crippen LogP contribution in [0.4, 0.5) is 17.6 Å². The zero-order valence-electron chi connectivity index (χ0n) is 19.2. The minimum atomic E-state index is -4.56. The number of rotatable bonds is 6. The monoisotopic (exact) mass is 535 g/mol. The molecular weight excluding hydrogens is 514 g/mol. The first-order chi connectivity index (χ1) is 17.5. The molecule has 1 amide bonds. The van der Waals surface area contributed by atoms with Gasteiger partial charge in [-0.1, -0.05) is 0 Å². The van der Waals surface area contributed by atoms with Crippen LogP contribution in [0.15, 0.2) is 59.9 Å². The van der Waals surface area contributed by atoms with Crippen LogP contribution in [0.2, 0.25) is 0 Å². The molecule has 1 saturated heterocycles. The number of nitrogens with one attached hydrogen (secondary N) is 1. The Labute approximate surface area is 209 Å². The number of sulfonamides is 1. The quantitative estimate of drug-likeness (QED) is 0.484. The van der Waals surface area contributed by atoms with E-state index in [0.717, 1.165) is 37.2 Å². The SMILES string of the molecule is O=C(NCc1cc(-c2ccc(C(F)(F)F)nc2)ncn1)C1CC2(CC2)CN1S(=O)(=O)c1ccc(F)cc1. The predicted octanol–water partition coefficient (Wildman–Crippen LogP) is 3.56. The fourth-order valence-electron chi connectivity index (χ4n) is 4.43. The Kier molecular flexibility index (Phi) is 6.23. The largest absolute Gasteiger partial charge is 0.433 e. The number of nitrogens with zero attached hydrogens (tertiary/aromatic N) is 4. The van der Waals surface area contributed by atoms with Gasteiger partial charge in [0.05, 0.1) is 22.8 Å². The Balaban J connectivity index is 1.30. The Morgan fingerprint density at radius 2 is 1.81 bits per heavy atom. The topological polar surface area (TPSA) is 105 Å². The Morgan fingerprint density at radius 3 is 2.43 bits per heavy atom. The van der Waals surface area contributed by atoms with Gasteiger partial charge in [-0.05, 0) is 67.1 Å². The molecule has 1 aliphatic heterocycles. The molecule has 1 N–H and O–H groups in total. The average molecular weight is 536 g/mol. The van der Waals surface area contributed by atoms with E-state index in [9.17, 15) is 30.8 Å². The molecule has 1 unspecified atom stereocenters. The van der Waals surface area contributed by atoms with Crippen molar-refractivity contribution >= 4 is 15.9 Å². The highest BCUT2D eigenvalue weighted by Crippen LogP contribution is 2.55. The molecule has 8 nitrogen and oxygen atoms in total. The maximum atomic E-state index is 13.3. The number of hydrogen-bond donors (Lipinski definition) is 1. The van der Waals surface area contributed by atoms with Gasteiger partial charge in [0, 0.05) is 18.3 Å². The smallest absolute Gasteiger partial charge is 0.349 e. The third kappa shape index (κ3) is 5.18. The highest BCUT2D eigenvalue weighted by Gasteiger charge is 2.57. The standard InChI is InChI=1S/C24H21F4N5O3S/c25-16-2-4-18(5-3-16)37(35,36)33-13-23(7-8-23)10-20(33)22(34)30-12-17-9-19(32-14-31-17)15-1-6-21(29-11-15)24(26,27)28/h1-6,9,11,14,20H,7-8,10,12-13H2,(H,30,34). The van der Waals surface area contributed by atoms with Gasteiger partial charge in [0.25, 0.3) is 0 Å². The molecule has 1 atom stereocenters. The van der Waals surface area contributed by atoms with E-state index in [1.165, 1.54) is 34.9 Å². The first-order valence-electron chi connectivity index (χ1n) is 11.4. The minimum absolute atomic E-state index is 0.0453. The third-order valence-electron chi connectivity index (χ3n) is 6.66. The summed E-state index contributed by atoms with van der Waals surface area (Å²) in [4.78, 5) is 24.6. The number of carbonyl (C=O) groups is 1. The highest BCUT2D eigenvalue weighted by molar-refractivity contribution is 7.89. The number of benzene rings is 1. The van der Waals surface area contributed by atoms with Crippen molar-refractivity contribution in [2.24, 2.45) is 5.41 Å². The van der Waals surface area contributed by atoms with Crippen molar-refractivity contribution in [1.29, 1.82) is 0 Å². The molecule has 3 heterocycles. The molecule has 5 rings (SSSR count). The second kappa shape index (κ2) is 9.14. The van der Waals surface area contributed by atoms with Crippen LogP contribution in [-0.4, -0.2) is 46.2 Å². The molecule has 13 heteroatoms. The van der Waals surface area contributed by atoms with Crippen LogP contribution in [0, 0.1) is 11.2 Å². The molecule has 0 bridgehead atoms. The number of alkyl halides is 3. The summed E-state index contributed by atoms with van der Waals surface area (Å²) in [5.41, 5.74) is -0.217. The molecule has 1 spiro atoms. The summed E-state index contributed by atoms with van der Waals surface area (Å²) in [5, 5.41) is 2.72. The molecule has 1 saturated carbocycles. The van der Waals surface area contributed by atoms with E-state index >= 15 is 0 Å². The fourth-order valence-corrected chi connectivity index (χ4v) is 6.13. The van der Waals surface area contributed by atoms with E-state index < -0.39 is 39.7 Å². The normalized spacial score (nSPS) is 19.2. The van der Waals surface area contributed by atoms with E-state index in [1.807, 2.05) is 0 Å². The number of hydrogen-bond acceptors (Lipinski definition) is 6. The van der Waals surface area contributed by atoms with Crippen LogP contribution in [0.25, 0.3) is 11.3 Å². The van der Waals surface area contributed by atoms with Crippen molar-refractivity contribution in [1.82, 2.24) is 24.6 Å². The van der Waals surface area contributed by atoms with Crippen molar-refractivity contribution in [3.05, 3.63) is 72.2 Å². The number of halogens is 4. The number of aromatic nitrogens is 3. The zero-order valence-corrected chi connectivity index (χ0v) is 20.1. The van der Waals surface area contributed by atoms with Crippen molar-refractivity contribution in [2.75, 3.05) is 6.54 Å². The van der Waals surface area contributed by atoms with Gasteiger partial charge in [-0.15, -0.1) is 0 Å². The first-order valence-corrected chi connectivity index (χ1v) is 12.8. The maximum absolute atomic E-state index is 13.3. The highest BCUT2D eigenvalue weighted by atomic mass is 32.2. The summed E-state index contributed by atoms with van der Waals surface area (Å²) in [6, 6.07) is 7.14. The second-order valence-electron chi connectivity index (χ2n) is 9.27. The summed E-state index contributed by atoms with van der Waals surface area (Å²) in [5.74, 6) is -1.06. The van der Waals surface area contributed by atoms with Gasteiger partial charge >= 0.3 is 6.18 Å². The van der Waals surface area contributed by atoms with Crippen LogP contribution in [0.5, 0.6) is 0 Å². The molecule has 194 valence electrons. The van der Waals surface area contributed by atoms with Gasteiger partial charge < -0.3 is 5.32 Å². The molecule has 1 aromatic carbocycles. The van der Waals surface area contributed by atoms with Gasteiger partial charge in [0.2, 0.25) is 15.9 Å². The van der Waals surface area contributed by atoms with Gasteiger partial charge in [-0.2, -0.15) is 17.5 Å². The zero-order chi connectivity index (χ0) is 26.4. The summed E-state index contributed by atoms with van der Waals surface area (Å²) in [6.45, 7) is 0.166. The molecule has 1 aliphatic carbocycles. The summed E-state index contributed by atoms with van der Waals surface area (Å²) >= 11 is 0. The fraction of sp³-hybridized carbons (Fsp3) is 0.333. The van der Waals surface area contributed by atoms with Crippen molar-refractivity contribution in [2.45, 2.75) is 42.9 Å². The van der Waals surface area contributed by atoms with E-state index in [-0.39, 0.29) is 23.4 Å². The Morgan fingerprint density at radius 1 is 1.08 bits per heavy atom. The number of carbonyl (C=O) groups excluding carboxylic acids is 1. The molecular formula is C24H21F4N5O3S. The third-order valence-corrected chi connectivity index (χ3v) is 8.53. The van der Waals surface area contributed by atoms with Crippen LogP contribution < -0.4 is 5.32 Å². The molecule has 37 heavy (non-hydrogen) atoms. The van der Waals surface area contributed by atoms with Crippen molar-refractivity contribution < 1.29 is 30.8 Å². The van der Waals surface area contributed by atoms with E-state index in [4.69, 9.17) is 0 Å².